The molecule has 90 valence electrons. The lowest BCUT2D eigenvalue weighted by atomic mass is 9.50. The molecular formula is C15H30. The standard InChI is InChI=1S/C15H30/c1-6-10-15(13(3)4)12-9-8-11-14(15,5)7-2/h13H,6-12H2,1-5H3. The zero-order chi connectivity index (χ0) is 11.5. The first-order valence-corrected chi connectivity index (χ1v) is 7.02. The minimum atomic E-state index is 0.607. The lowest BCUT2D eigenvalue weighted by Gasteiger charge is -2.55. The number of hydrogen-bond acceptors (Lipinski definition) is 0. The maximum Gasteiger partial charge on any atom is -0.0221 e. The Balaban J connectivity index is 2.99. The molecule has 0 aromatic heterocycles. The van der Waals surface area contributed by atoms with Crippen molar-refractivity contribution in [3.8, 4) is 0 Å². The normalized spacial score (nSPS) is 37.2. The summed E-state index contributed by atoms with van der Waals surface area (Å²) >= 11 is 0. The molecule has 0 N–H and O–H groups in total. The predicted molar refractivity (Wildman–Crippen MR) is 69.0 cm³/mol. The minimum Gasteiger partial charge on any atom is -0.0654 e. The third-order valence-corrected chi connectivity index (χ3v) is 5.39. The van der Waals surface area contributed by atoms with Crippen LogP contribution in [0.2, 0.25) is 0 Å². The molecule has 0 heterocycles. The van der Waals surface area contributed by atoms with E-state index in [1.807, 2.05) is 0 Å². The van der Waals surface area contributed by atoms with Crippen LogP contribution in [0.3, 0.4) is 0 Å². The molecule has 2 unspecified atom stereocenters. The molecule has 1 aliphatic carbocycles. The topological polar surface area (TPSA) is 0 Å². The summed E-state index contributed by atoms with van der Waals surface area (Å²) in [6.07, 6.45) is 10.0. The first-order valence-electron chi connectivity index (χ1n) is 7.02. The van der Waals surface area contributed by atoms with E-state index in [1.54, 1.807) is 0 Å². The highest BCUT2D eigenvalue weighted by molar-refractivity contribution is 4.99. The summed E-state index contributed by atoms with van der Waals surface area (Å²) in [4.78, 5) is 0. The molecule has 0 aliphatic heterocycles. The molecule has 0 heteroatoms. The minimum absolute atomic E-state index is 0.607. The summed E-state index contributed by atoms with van der Waals surface area (Å²) in [6, 6.07) is 0. The first-order chi connectivity index (χ1) is 7.02. The first kappa shape index (κ1) is 13.1. The number of hydrogen-bond donors (Lipinski definition) is 0. The van der Waals surface area contributed by atoms with Gasteiger partial charge in [0.05, 0.1) is 0 Å². The van der Waals surface area contributed by atoms with Gasteiger partial charge < -0.3 is 0 Å². The molecule has 0 bridgehead atoms. The molecule has 2 atom stereocenters. The quantitative estimate of drug-likeness (QED) is 0.581. The van der Waals surface area contributed by atoms with Gasteiger partial charge in [0.2, 0.25) is 0 Å². The van der Waals surface area contributed by atoms with Crippen LogP contribution in [0.1, 0.15) is 79.6 Å². The van der Waals surface area contributed by atoms with E-state index < -0.39 is 0 Å². The summed E-state index contributed by atoms with van der Waals surface area (Å²) < 4.78 is 0. The van der Waals surface area contributed by atoms with E-state index >= 15 is 0 Å². The largest absolute Gasteiger partial charge is 0.0654 e. The van der Waals surface area contributed by atoms with Crippen molar-refractivity contribution >= 4 is 0 Å². The van der Waals surface area contributed by atoms with Gasteiger partial charge in [-0.05, 0) is 36.0 Å². The SMILES string of the molecule is CCCC1(C(C)C)CCCCC1(C)CC. The van der Waals surface area contributed by atoms with E-state index in [4.69, 9.17) is 0 Å². The van der Waals surface area contributed by atoms with Gasteiger partial charge in [-0.15, -0.1) is 0 Å². The van der Waals surface area contributed by atoms with Crippen LogP contribution < -0.4 is 0 Å². The van der Waals surface area contributed by atoms with Crippen molar-refractivity contribution in [2.24, 2.45) is 16.7 Å². The monoisotopic (exact) mass is 210 g/mol. The summed E-state index contributed by atoms with van der Waals surface area (Å²) in [5.74, 6) is 0.850. The molecule has 1 aliphatic rings. The lowest BCUT2D eigenvalue weighted by molar-refractivity contribution is -0.0519. The summed E-state index contributed by atoms with van der Waals surface area (Å²) in [7, 11) is 0. The van der Waals surface area contributed by atoms with Gasteiger partial charge >= 0.3 is 0 Å². The molecule has 0 spiro atoms. The molecule has 0 saturated heterocycles. The fraction of sp³-hybridized carbons (Fsp3) is 1.00. The van der Waals surface area contributed by atoms with Crippen molar-refractivity contribution < 1.29 is 0 Å². The second-order valence-corrected chi connectivity index (χ2v) is 6.18. The molecular weight excluding hydrogens is 180 g/mol. The molecule has 0 aromatic rings. The second kappa shape index (κ2) is 4.89. The van der Waals surface area contributed by atoms with Crippen molar-refractivity contribution in [1.29, 1.82) is 0 Å². The van der Waals surface area contributed by atoms with Crippen LogP contribution in [0.5, 0.6) is 0 Å². The van der Waals surface area contributed by atoms with E-state index in [2.05, 4.69) is 34.6 Å². The van der Waals surface area contributed by atoms with Crippen LogP contribution in [0.4, 0.5) is 0 Å². The predicted octanol–water partition coefficient (Wildman–Crippen LogP) is 5.42. The van der Waals surface area contributed by atoms with Gasteiger partial charge in [0.25, 0.3) is 0 Å². The van der Waals surface area contributed by atoms with Gasteiger partial charge in [0.1, 0.15) is 0 Å². The van der Waals surface area contributed by atoms with E-state index in [1.165, 1.54) is 44.9 Å². The Morgan fingerprint density at radius 1 is 1.07 bits per heavy atom. The van der Waals surface area contributed by atoms with Gasteiger partial charge in [0, 0.05) is 0 Å². The Hall–Kier alpha value is 0. The molecule has 1 fully saturated rings. The molecule has 15 heavy (non-hydrogen) atoms. The van der Waals surface area contributed by atoms with Gasteiger partial charge in [-0.2, -0.15) is 0 Å². The van der Waals surface area contributed by atoms with E-state index in [0.29, 0.717) is 10.8 Å². The van der Waals surface area contributed by atoms with E-state index in [9.17, 15) is 0 Å². The fourth-order valence-corrected chi connectivity index (χ4v) is 4.18. The van der Waals surface area contributed by atoms with Crippen molar-refractivity contribution in [2.75, 3.05) is 0 Å². The fourth-order valence-electron chi connectivity index (χ4n) is 4.18. The Kier molecular flexibility index (Phi) is 4.26. The van der Waals surface area contributed by atoms with Crippen LogP contribution in [-0.2, 0) is 0 Å². The molecule has 1 saturated carbocycles. The zero-order valence-corrected chi connectivity index (χ0v) is 11.5. The van der Waals surface area contributed by atoms with Crippen molar-refractivity contribution in [3.63, 3.8) is 0 Å². The van der Waals surface area contributed by atoms with Crippen molar-refractivity contribution in [2.45, 2.75) is 79.6 Å². The molecule has 0 radical (unpaired) electrons. The third-order valence-electron chi connectivity index (χ3n) is 5.39. The van der Waals surface area contributed by atoms with Gasteiger partial charge in [0.15, 0.2) is 0 Å². The molecule has 0 aromatic carbocycles. The Bertz CT molecular complexity index is 190. The highest BCUT2D eigenvalue weighted by atomic mass is 14.5. The Morgan fingerprint density at radius 3 is 2.13 bits per heavy atom. The van der Waals surface area contributed by atoms with Crippen molar-refractivity contribution in [3.05, 3.63) is 0 Å². The average molecular weight is 210 g/mol. The van der Waals surface area contributed by atoms with Gasteiger partial charge in [-0.25, -0.2) is 0 Å². The van der Waals surface area contributed by atoms with Gasteiger partial charge in [-0.1, -0.05) is 60.3 Å². The number of rotatable bonds is 4. The smallest absolute Gasteiger partial charge is 0.0221 e. The Labute approximate surface area is 96.8 Å². The van der Waals surface area contributed by atoms with Crippen LogP contribution in [0, 0.1) is 16.7 Å². The average Bonchev–Trinajstić information content (AvgIpc) is 2.21. The molecule has 0 amide bonds. The molecule has 1 rings (SSSR count). The molecule has 0 nitrogen and oxygen atoms in total. The van der Waals surface area contributed by atoms with Crippen molar-refractivity contribution in [1.82, 2.24) is 0 Å². The summed E-state index contributed by atoms with van der Waals surface area (Å²) in [6.45, 7) is 12.2. The van der Waals surface area contributed by atoms with Crippen LogP contribution in [0.15, 0.2) is 0 Å². The summed E-state index contributed by atoms with van der Waals surface area (Å²) in [5, 5.41) is 0. The maximum atomic E-state index is 2.56. The summed E-state index contributed by atoms with van der Waals surface area (Å²) in [5.41, 5.74) is 1.24. The zero-order valence-electron chi connectivity index (χ0n) is 11.5. The van der Waals surface area contributed by atoms with Gasteiger partial charge in [-0.3, -0.25) is 0 Å². The highest BCUT2D eigenvalue weighted by Crippen LogP contribution is 2.58. The maximum absolute atomic E-state index is 2.56. The Morgan fingerprint density at radius 2 is 1.67 bits per heavy atom. The van der Waals surface area contributed by atoms with Crippen LogP contribution in [0.25, 0.3) is 0 Å². The van der Waals surface area contributed by atoms with Crippen LogP contribution in [-0.4, -0.2) is 0 Å². The van der Waals surface area contributed by atoms with E-state index in [-0.39, 0.29) is 0 Å². The lowest BCUT2D eigenvalue weighted by Crippen LogP contribution is -2.46. The third kappa shape index (κ3) is 2.10. The van der Waals surface area contributed by atoms with E-state index in [0.717, 1.165) is 5.92 Å². The van der Waals surface area contributed by atoms with Crippen LogP contribution >= 0.6 is 0 Å². The highest BCUT2D eigenvalue weighted by Gasteiger charge is 2.49. The second-order valence-electron chi connectivity index (χ2n) is 6.18.